The molecule has 0 spiro atoms. The van der Waals surface area contributed by atoms with E-state index in [9.17, 15) is 9.59 Å². The van der Waals surface area contributed by atoms with Crippen LogP contribution in [-0.4, -0.2) is 32.7 Å². The number of hydrogen-bond acceptors (Lipinski definition) is 5. The molecule has 1 N–H and O–H groups in total. The number of carboxylic acids is 1. The number of halogens is 1. The molecule has 3 aromatic rings. The van der Waals surface area contributed by atoms with Gasteiger partial charge < -0.3 is 9.84 Å². The molecule has 1 fully saturated rings. The Bertz CT molecular complexity index is 1240. The van der Waals surface area contributed by atoms with Gasteiger partial charge in [-0.25, -0.2) is 0 Å². The molecule has 0 aliphatic carbocycles. The molecule has 8 heteroatoms. The molecule has 3 aromatic carbocycles. The molecule has 0 atom stereocenters. The Labute approximate surface area is 196 Å². The lowest BCUT2D eigenvalue weighted by atomic mass is 10.1. The number of aliphatic carboxylic acids is 1. The number of carbonyl (C=O) groups excluding carboxylic acids is 1. The number of carbonyl (C=O) groups is 2. The Morgan fingerprint density at radius 2 is 1.87 bits per heavy atom. The fraction of sp³-hybridized carbons (Fsp3) is 0.0870. The molecule has 0 unspecified atom stereocenters. The molecule has 4 rings (SSSR count). The molecule has 1 amide bonds. The second-order valence-electron chi connectivity index (χ2n) is 6.81. The highest BCUT2D eigenvalue weighted by molar-refractivity contribution is 9.10. The van der Waals surface area contributed by atoms with Gasteiger partial charge in [0, 0.05) is 10.0 Å². The van der Waals surface area contributed by atoms with Gasteiger partial charge in [-0.2, -0.15) is 0 Å². The fourth-order valence-electron chi connectivity index (χ4n) is 3.12. The van der Waals surface area contributed by atoms with Gasteiger partial charge >= 0.3 is 5.97 Å². The zero-order valence-corrected chi connectivity index (χ0v) is 19.3. The van der Waals surface area contributed by atoms with Crippen molar-refractivity contribution >= 4 is 73.0 Å². The number of amides is 1. The maximum Gasteiger partial charge on any atom is 0.323 e. The van der Waals surface area contributed by atoms with Gasteiger partial charge in [0.05, 0.1) is 4.91 Å². The smallest absolute Gasteiger partial charge is 0.323 e. The van der Waals surface area contributed by atoms with Crippen molar-refractivity contribution in [2.24, 2.45) is 0 Å². The second-order valence-corrected chi connectivity index (χ2v) is 9.34. The summed E-state index contributed by atoms with van der Waals surface area (Å²) in [6.45, 7) is 0.0330. The number of benzene rings is 3. The Hall–Kier alpha value is -2.68. The summed E-state index contributed by atoms with van der Waals surface area (Å²) >= 11 is 9.77. The Morgan fingerprint density at radius 1 is 1.13 bits per heavy atom. The van der Waals surface area contributed by atoms with E-state index in [1.165, 1.54) is 0 Å². The van der Waals surface area contributed by atoms with Crippen molar-refractivity contribution in [1.82, 2.24) is 4.90 Å². The predicted octanol–water partition coefficient (Wildman–Crippen LogP) is 5.47. The van der Waals surface area contributed by atoms with E-state index in [2.05, 4.69) is 15.9 Å². The van der Waals surface area contributed by atoms with Crippen molar-refractivity contribution in [2.75, 3.05) is 6.54 Å². The number of carboxylic acid groups (broad SMARTS) is 1. The van der Waals surface area contributed by atoms with Gasteiger partial charge in [-0.3, -0.25) is 14.5 Å². The van der Waals surface area contributed by atoms with Gasteiger partial charge in [0.1, 0.15) is 23.2 Å². The lowest BCUT2D eigenvalue weighted by molar-refractivity contribution is -0.140. The molecule has 0 aromatic heterocycles. The summed E-state index contributed by atoms with van der Waals surface area (Å²) in [5.74, 6) is -0.709. The summed E-state index contributed by atoms with van der Waals surface area (Å²) in [4.78, 5) is 24.9. The van der Waals surface area contributed by atoms with Crippen LogP contribution >= 0.6 is 39.9 Å². The average molecular weight is 514 g/mol. The molecule has 1 heterocycles. The number of thiocarbonyl (C=S) groups is 1. The van der Waals surface area contributed by atoms with Crippen molar-refractivity contribution in [3.8, 4) is 5.75 Å². The van der Waals surface area contributed by atoms with Crippen LogP contribution in [0.5, 0.6) is 5.75 Å². The van der Waals surface area contributed by atoms with Gasteiger partial charge in [0.25, 0.3) is 5.91 Å². The highest BCUT2D eigenvalue weighted by Gasteiger charge is 2.33. The number of ether oxygens (including phenoxy) is 1. The summed E-state index contributed by atoms with van der Waals surface area (Å²) in [6.07, 6.45) is 1.73. The maximum absolute atomic E-state index is 12.4. The average Bonchev–Trinajstić information content (AvgIpc) is 3.00. The second kappa shape index (κ2) is 9.21. The largest absolute Gasteiger partial charge is 0.489 e. The molecule has 156 valence electrons. The molecule has 0 saturated carbocycles. The normalized spacial score (nSPS) is 15.1. The third-order valence-corrected chi connectivity index (χ3v) is 6.80. The van der Waals surface area contributed by atoms with E-state index >= 15 is 0 Å². The van der Waals surface area contributed by atoms with E-state index in [0.29, 0.717) is 11.5 Å². The Morgan fingerprint density at radius 3 is 2.65 bits per heavy atom. The maximum atomic E-state index is 12.4. The first-order chi connectivity index (χ1) is 14.9. The van der Waals surface area contributed by atoms with Gasteiger partial charge in [-0.1, -0.05) is 76.3 Å². The SMILES string of the molecule is O=C(O)CN1C(=O)/C(=C/c2ccc3cc(OCc4ccccc4Br)ccc3c2)SC1=S. The van der Waals surface area contributed by atoms with Crippen LogP contribution in [-0.2, 0) is 16.2 Å². The lowest BCUT2D eigenvalue weighted by Gasteiger charge is -2.10. The van der Waals surface area contributed by atoms with Crippen molar-refractivity contribution in [1.29, 1.82) is 0 Å². The van der Waals surface area contributed by atoms with Gasteiger partial charge in [0.15, 0.2) is 0 Å². The third-order valence-electron chi connectivity index (χ3n) is 4.65. The van der Waals surface area contributed by atoms with Crippen LogP contribution < -0.4 is 4.74 Å². The minimum atomic E-state index is -1.10. The van der Waals surface area contributed by atoms with Crippen LogP contribution in [0.2, 0.25) is 0 Å². The Balaban J connectivity index is 1.51. The van der Waals surface area contributed by atoms with Crippen LogP contribution in [0.3, 0.4) is 0 Å². The number of rotatable bonds is 6. The lowest BCUT2D eigenvalue weighted by Crippen LogP contribution is -2.33. The van der Waals surface area contributed by atoms with Gasteiger partial charge in [-0.05, 0) is 46.7 Å². The van der Waals surface area contributed by atoms with E-state index in [1.807, 2.05) is 60.7 Å². The number of thioether (sulfide) groups is 1. The molecule has 1 aliphatic rings. The van der Waals surface area contributed by atoms with Crippen LogP contribution in [0.4, 0.5) is 0 Å². The summed E-state index contributed by atoms with van der Waals surface area (Å²) < 4.78 is 7.19. The van der Waals surface area contributed by atoms with Gasteiger partial charge in [0.2, 0.25) is 0 Å². The molecule has 1 aliphatic heterocycles. The topological polar surface area (TPSA) is 66.8 Å². The zero-order valence-electron chi connectivity index (χ0n) is 16.1. The number of nitrogens with zero attached hydrogens (tertiary/aromatic N) is 1. The highest BCUT2D eigenvalue weighted by atomic mass is 79.9. The van der Waals surface area contributed by atoms with Crippen LogP contribution in [0, 0.1) is 0 Å². The molecular weight excluding hydrogens is 498 g/mol. The first kappa shape index (κ1) is 21.5. The first-order valence-corrected chi connectivity index (χ1v) is 11.3. The van der Waals surface area contributed by atoms with E-state index in [1.54, 1.807) is 6.08 Å². The van der Waals surface area contributed by atoms with E-state index in [-0.39, 0.29) is 10.2 Å². The molecule has 1 saturated heterocycles. The zero-order chi connectivity index (χ0) is 22.0. The van der Waals surface area contributed by atoms with Crippen LogP contribution in [0.1, 0.15) is 11.1 Å². The molecule has 0 radical (unpaired) electrons. The summed E-state index contributed by atoms with van der Waals surface area (Å²) in [7, 11) is 0. The molecular formula is C23H16BrNO4S2. The number of fused-ring (bicyclic) bond motifs is 1. The minimum Gasteiger partial charge on any atom is -0.489 e. The van der Waals surface area contributed by atoms with Crippen molar-refractivity contribution in [2.45, 2.75) is 6.61 Å². The van der Waals surface area contributed by atoms with Crippen LogP contribution in [0.15, 0.2) is 70.0 Å². The van der Waals surface area contributed by atoms with E-state index in [0.717, 1.165) is 48.8 Å². The van der Waals surface area contributed by atoms with Gasteiger partial charge in [-0.15, -0.1) is 0 Å². The van der Waals surface area contributed by atoms with Crippen molar-refractivity contribution in [3.05, 3.63) is 81.2 Å². The summed E-state index contributed by atoms with van der Waals surface area (Å²) in [6, 6.07) is 19.6. The highest BCUT2D eigenvalue weighted by Crippen LogP contribution is 2.33. The minimum absolute atomic E-state index is 0.256. The molecule has 31 heavy (non-hydrogen) atoms. The first-order valence-electron chi connectivity index (χ1n) is 9.28. The van der Waals surface area contributed by atoms with Crippen molar-refractivity contribution < 1.29 is 19.4 Å². The predicted molar refractivity (Wildman–Crippen MR) is 130 cm³/mol. The quantitative estimate of drug-likeness (QED) is 0.348. The van der Waals surface area contributed by atoms with Crippen molar-refractivity contribution in [3.63, 3.8) is 0 Å². The summed E-state index contributed by atoms with van der Waals surface area (Å²) in [5, 5.41) is 11.0. The Kier molecular flexibility index (Phi) is 6.41. The standard InChI is InChI=1S/C23H16BrNO4S2/c24-19-4-2-1-3-17(19)13-29-18-8-7-15-9-14(5-6-16(15)11-18)10-20-22(28)25(12-21(26)27)23(30)31-20/h1-11H,12-13H2,(H,26,27)/b20-10-. The van der Waals surface area contributed by atoms with Crippen LogP contribution in [0.25, 0.3) is 16.8 Å². The molecule has 5 nitrogen and oxygen atoms in total. The van der Waals surface area contributed by atoms with E-state index in [4.69, 9.17) is 22.1 Å². The third kappa shape index (κ3) is 4.98. The number of hydrogen-bond donors (Lipinski definition) is 1. The monoisotopic (exact) mass is 513 g/mol. The fourth-order valence-corrected chi connectivity index (χ4v) is 4.78. The summed E-state index contributed by atoms with van der Waals surface area (Å²) in [5.41, 5.74) is 1.91. The molecule has 0 bridgehead atoms. The van der Waals surface area contributed by atoms with E-state index < -0.39 is 12.5 Å².